The van der Waals surface area contributed by atoms with Gasteiger partial charge in [0, 0.05) is 19.9 Å². The molecule has 0 aliphatic carbocycles. The van der Waals surface area contributed by atoms with Gasteiger partial charge in [-0.05, 0) is 34.1 Å². The molecule has 0 unspecified atom stereocenters. The van der Waals surface area contributed by atoms with Gasteiger partial charge in [0.15, 0.2) is 0 Å². The second-order valence-corrected chi connectivity index (χ2v) is 4.63. The van der Waals surface area contributed by atoms with Crippen LogP contribution < -0.4 is 4.90 Å². The second kappa shape index (κ2) is 4.31. The molecule has 0 bridgehead atoms. The number of hydrogen-bond acceptors (Lipinski definition) is 3. The quantitative estimate of drug-likeness (QED) is 0.798. The van der Waals surface area contributed by atoms with E-state index in [9.17, 15) is 4.39 Å². The zero-order chi connectivity index (χ0) is 11.8. The summed E-state index contributed by atoms with van der Waals surface area (Å²) in [5.41, 5.74) is 0.956. The number of halogens is 2. The van der Waals surface area contributed by atoms with E-state index in [2.05, 4.69) is 20.8 Å². The Morgan fingerprint density at radius 2 is 1.94 bits per heavy atom. The molecule has 1 heterocycles. The highest BCUT2D eigenvalue weighted by Gasteiger charge is 2.43. The molecule has 88 valence electrons. The Bertz CT molecular complexity index is 388. The number of ether oxygens (including phenoxy) is 2. The molecule has 3 nitrogen and oxygen atoms in total. The summed E-state index contributed by atoms with van der Waals surface area (Å²) < 4.78 is 24.1. The van der Waals surface area contributed by atoms with Crippen LogP contribution in [0.25, 0.3) is 0 Å². The number of nitrogens with zero attached hydrogens (tertiary/aromatic N) is 1. The van der Waals surface area contributed by atoms with E-state index in [4.69, 9.17) is 9.47 Å². The predicted octanol–water partition coefficient (Wildman–Crippen LogP) is 2.40. The van der Waals surface area contributed by atoms with Gasteiger partial charge in [0.2, 0.25) is 5.79 Å². The molecule has 1 aliphatic heterocycles. The summed E-state index contributed by atoms with van der Waals surface area (Å²) in [6.07, 6.45) is 0. The minimum atomic E-state index is -0.513. The first-order valence-corrected chi connectivity index (χ1v) is 5.70. The van der Waals surface area contributed by atoms with Gasteiger partial charge in [-0.2, -0.15) is 0 Å². The third-order valence-corrected chi connectivity index (χ3v) is 3.48. The highest BCUT2D eigenvalue weighted by molar-refractivity contribution is 9.10. The lowest BCUT2D eigenvalue weighted by Gasteiger charge is -2.48. The smallest absolute Gasteiger partial charge is 0.203 e. The van der Waals surface area contributed by atoms with Crippen LogP contribution in [0.15, 0.2) is 22.7 Å². The standard InChI is InChI=1S/C11H13BrFNO2/c1-15-11(16-2)6-14(7-11)8-3-4-10(13)9(12)5-8/h3-5H,6-7H2,1-2H3. The van der Waals surface area contributed by atoms with E-state index in [0.717, 1.165) is 5.69 Å². The molecule has 0 saturated carbocycles. The van der Waals surface area contributed by atoms with Crippen LogP contribution in [0.2, 0.25) is 0 Å². The van der Waals surface area contributed by atoms with Crippen molar-refractivity contribution < 1.29 is 13.9 Å². The number of benzene rings is 1. The van der Waals surface area contributed by atoms with Gasteiger partial charge in [-0.25, -0.2) is 4.39 Å². The van der Waals surface area contributed by atoms with E-state index >= 15 is 0 Å². The first-order chi connectivity index (χ1) is 7.60. The summed E-state index contributed by atoms with van der Waals surface area (Å²) in [6, 6.07) is 4.94. The second-order valence-electron chi connectivity index (χ2n) is 3.77. The van der Waals surface area contributed by atoms with Crippen LogP contribution in [0.4, 0.5) is 10.1 Å². The van der Waals surface area contributed by atoms with Gasteiger partial charge < -0.3 is 14.4 Å². The summed E-state index contributed by atoms with van der Waals surface area (Å²) in [6.45, 7) is 1.30. The van der Waals surface area contributed by atoms with E-state index in [-0.39, 0.29) is 5.82 Å². The monoisotopic (exact) mass is 289 g/mol. The topological polar surface area (TPSA) is 21.7 Å². The molecule has 2 rings (SSSR count). The lowest BCUT2D eigenvalue weighted by molar-refractivity contribution is -0.219. The molecule has 0 radical (unpaired) electrons. The SMILES string of the molecule is COC1(OC)CN(c2ccc(F)c(Br)c2)C1. The van der Waals surface area contributed by atoms with Gasteiger partial charge in [-0.1, -0.05) is 0 Å². The van der Waals surface area contributed by atoms with Gasteiger partial charge in [0.05, 0.1) is 17.6 Å². The van der Waals surface area contributed by atoms with Crippen LogP contribution in [0.5, 0.6) is 0 Å². The first kappa shape index (κ1) is 11.8. The lowest BCUT2D eigenvalue weighted by Crippen LogP contribution is -2.64. The average molecular weight is 290 g/mol. The van der Waals surface area contributed by atoms with Crippen LogP contribution in [0.1, 0.15) is 0 Å². The number of rotatable bonds is 3. The highest BCUT2D eigenvalue weighted by atomic mass is 79.9. The van der Waals surface area contributed by atoms with Crippen LogP contribution in [0.3, 0.4) is 0 Å². The summed E-state index contributed by atoms with van der Waals surface area (Å²) in [4.78, 5) is 2.07. The van der Waals surface area contributed by atoms with E-state index in [1.54, 1.807) is 26.4 Å². The lowest BCUT2D eigenvalue weighted by atomic mass is 10.1. The van der Waals surface area contributed by atoms with Gasteiger partial charge in [0.1, 0.15) is 5.82 Å². The van der Waals surface area contributed by atoms with E-state index in [1.807, 2.05) is 0 Å². The van der Waals surface area contributed by atoms with Crippen molar-refractivity contribution in [2.75, 3.05) is 32.2 Å². The molecule has 1 aliphatic rings. The number of anilines is 1. The summed E-state index contributed by atoms with van der Waals surface area (Å²) >= 11 is 3.17. The summed E-state index contributed by atoms with van der Waals surface area (Å²) in [5, 5.41) is 0. The fourth-order valence-electron chi connectivity index (χ4n) is 1.74. The fourth-order valence-corrected chi connectivity index (χ4v) is 2.11. The molecule has 1 aromatic carbocycles. The van der Waals surface area contributed by atoms with Crippen LogP contribution in [-0.4, -0.2) is 33.1 Å². The molecule has 1 saturated heterocycles. The number of hydrogen-bond donors (Lipinski definition) is 0. The first-order valence-electron chi connectivity index (χ1n) is 4.90. The molecular weight excluding hydrogens is 277 g/mol. The van der Waals surface area contributed by atoms with Crippen molar-refractivity contribution in [1.29, 1.82) is 0 Å². The Morgan fingerprint density at radius 3 is 2.44 bits per heavy atom. The van der Waals surface area contributed by atoms with Crippen LogP contribution in [-0.2, 0) is 9.47 Å². The Hall–Kier alpha value is -0.650. The Morgan fingerprint density at radius 1 is 1.31 bits per heavy atom. The maximum absolute atomic E-state index is 13.1. The molecule has 0 aromatic heterocycles. The van der Waals surface area contributed by atoms with Crippen molar-refractivity contribution in [3.05, 3.63) is 28.5 Å². The van der Waals surface area contributed by atoms with Crippen molar-refractivity contribution >= 4 is 21.6 Å². The van der Waals surface area contributed by atoms with Gasteiger partial charge >= 0.3 is 0 Å². The Kier molecular flexibility index (Phi) is 3.19. The van der Waals surface area contributed by atoms with Crippen molar-refractivity contribution in [3.8, 4) is 0 Å². The van der Waals surface area contributed by atoms with Crippen molar-refractivity contribution in [3.63, 3.8) is 0 Å². The van der Waals surface area contributed by atoms with Gasteiger partial charge in [-0.15, -0.1) is 0 Å². The maximum atomic E-state index is 13.1. The zero-order valence-corrected chi connectivity index (χ0v) is 10.8. The largest absolute Gasteiger partial charge is 0.361 e. The normalized spacial score (nSPS) is 18.4. The predicted molar refractivity (Wildman–Crippen MR) is 63.1 cm³/mol. The highest BCUT2D eigenvalue weighted by Crippen LogP contribution is 2.32. The molecule has 1 fully saturated rings. The third kappa shape index (κ3) is 1.95. The van der Waals surface area contributed by atoms with Crippen molar-refractivity contribution in [2.45, 2.75) is 5.79 Å². The third-order valence-electron chi connectivity index (χ3n) is 2.88. The van der Waals surface area contributed by atoms with Crippen LogP contribution >= 0.6 is 15.9 Å². The van der Waals surface area contributed by atoms with Crippen molar-refractivity contribution in [1.82, 2.24) is 0 Å². The molecular formula is C11H13BrFNO2. The molecule has 0 atom stereocenters. The maximum Gasteiger partial charge on any atom is 0.203 e. The van der Waals surface area contributed by atoms with E-state index in [1.165, 1.54) is 6.07 Å². The van der Waals surface area contributed by atoms with Gasteiger partial charge in [-0.3, -0.25) is 0 Å². The van der Waals surface area contributed by atoms with Gasteiger partial charge in [0.25, 0.3) is 0 Å². The van der Waals surface area contributed by atoms with Crippen molar-refractivity contribution in [2.24, 2.45) is 0 Å². The Labute approximate surface area is 102 Å². The molecule has 16 heavy (non-hydrogen) atoms. The van der Waals surface area contributed by atoms with E-state index in [0.29, 0.717) is 17.6 Å². The molecule has 5 heteroatoms. The summed E-state index contributed by atoms with van der Waals surface area (Å²) in [5.74, 6) is -0.769. The fraction of sp³-hybridized carbons (Fsp3) is 0.455. The molecule has 0 amide bonds. The van der Waals surface area contributed by atoms with Crippen LogP contribution in [0, 0.1) is 5.82 Å². The number of methoxy groups -OCH3 is 2. The Balaban J connectivity index is 2.09. The minimum absolute atomic E-state index is 0.256. The zero-order valence-electron chi connectivity index (χ0n) is 9.17. The molecule has 0 N–H and O–H groups in total. The van der Waals surface area contributed by atoms with E-state index < -0.39 is 5.79 Å². The average Bonchev–Trinajstić information content (AvgIpc) is 2.23. The summed E-state index contributed by atoms with van der Waals surface area (Å²) in [7, 11) is 3.25. The molecule has 0 spiro atoms. The molecule has 1 aromatic rings. The minimum Gasteiger partial charge on any atom is -0.361 e.